The molecule has 1 atom stereocenters. The first-order valence-corrected chi connectivity index (χ1v) is 8.12. The highest BCUT2D eigenvalue weighted by molar-refractivity contribution is 6.33. The molecule has 0 aliphatic carbocycles. The number of aryl methyl sites for hydroxylation is 1. The summed E-state index contributed by atoms with van der Waals surface area (Å²) < 4.78 is 1.58. The van der Waals surface area contributed by atoms with Crippen LogP contribution in [0.3, 0.4) is 0 Å². The average molecular weight is 340 g/mol. The maximum absolute atomic E-state index is 12.7. The number of carbonyl (C=O) groups is 1. The third-order valence-corrected chi connectivity index (χ3v) is 4.23. The summed E-state index contributed by atoms with van der Waals surface area (Å²) in [5.41, 5.74) is 2.86. The number of nitrogens with one attached hydrogen (secondary N) is 1. The van der Waals surface area contributed by atoms with Gasteiger partial charge in [0.2, 0.25) is 0 Å². The van der Waals surface area contributed by atoms with Gasteiger partial charge in [-0.1, -0.05) is 60.1 Å². The zero-order valence-corrected chi connectivity index (χ0v) is 14.3. The zero-order valence-electron chi connectivity index (χ0n) is 13.5. The van der Waals surface area contributed by atoms with E-state index in [-0.39, 0.29) is 11.9 Å². The quantitative estimate of drug-likeness (QED) is 0.769. The lowest BCUT2D eigenvalue weighted by Crippen LogP contribution is -2.27. The molecule has 0 fully saturated rings. The van der Waals surface area contributed by atoms with Crippen LogP contribution in [0.25, 0.3) is 5.69 Å². The molecule has 0 aliphatic heterocycles. The SMILES string of the molecule is Cc1nn(-c2ccccc2)c(Cl)c1C(=O)N[C@@H](C)c1ccccc1. The molecule has 3 rings (SSSR count). The Bertz CT molecular complexity index is 844. The van der Waals surface area contributed by atoms with Crippen molar-refractivity contribution in [3.05, 3.63) is 82.6 Å². The second-order valence-corrected chi connectivity index (χ2v) is 5.96. The van der Waals surface area contributed by atoms with E-state index in [1.807, 2.05) is 67.6 Å². The van der Waals surface area contributed by atoms with Crippen LogP contribution >= 0.6 is 11.6 Å². The Morgan fingerprint density at radius 2 is 1.67 bits per heavy atom. The molecule has 3 aromatic rings. The first-order valence-electron chi connectivity index (χ1n) is 7.74. The number of nitrogens with zero attached hydrogens (tertiary/aromatic N) is 2. The average Bonchev–Trinajstić information content (AvgIpc) is 2.91. The predicted octanol–water partition coefficient (Wildman–Crippen LogP) is 4.33. The molecule has 5 heteroatoms. The van der Waals surface area contributed by atoms with E-state index < -0.39 is 0 Å². The van der Waals surface area contributed by atoms with E-state index >= 15 is 0 Å². The van der Waals surface area contributed by atoms with Crippen molar-refractivity contribution in [1.29, 1.82) is 0 Å². The molecular formula is C19H18ClN3O. The van der Waals surface area contributed by atoms with E-state index in [1.54, 1.807) is 11.6 Å². The fourth-order valence-corrected chi connectivity index (χ4v) is 2.95. The van der Waals surface area contributed by atoms with Crippen LogP contribution < -0.4 is 5.32 Å². The second kappa shape index (κ2) is 6.89. The summed E-state index contributed by atoms with van der Waals surface area (Å²) in [6.07, 6.45) is 0. The van der Waals surface area contributed by atoms with E-state index in [9.17, 15) is 4.79 Å². The third kappa shape index (κ3) is 3.19. The molecule has 4 nitrogen and oxygen atoms in total. The van der Waals surface area contributed by atoms with Crippen LogP contribution in [0.2, 0.25) is 5.15 Å². The van der Waals surface area contributed by atoms with E-state index in [2.05, 4.69) is 10.4 Å². The molecule has 0 unspecified atom stereocenters. The molecule has 0 saturated carbocycles. The number of rotatable bonds is 4. The van der Waals surface area contributed by atoms with Gasteiger partial charge in [-0.2, -0.15) is 5.10 Å². The van der Waals surface area contributed by atoms with E-state index in [0.717, 1.165) is 11.3 Å². The molecule has 2 aromatic carbocycles. The molecule has 122 valence electrons. The van der Waals surface area contributed by atoms with Gasteiger partial charge in [0.05, 0.1) is 23.0 Å². The summed E-state index contributed by atoms with van der Waals surface area (Å²) in [5, 5.41) is 7.70. The first kappa shape index (κ1) is 16.3. The largest absolute Gasteiger partial charge is 0.345 e. The zero-order chi connectivity index (χ0) is 17.1. The number of hydrogen-bond acceptors (Lipinski definition) is 2. The van der Waals surface area contributed by atoms with Crippen molar-refractivity contribution in [2.24, 2.45) is 0 Å². The van der Waals surface area contributed by atoms with Crippen molar-refractivity contribution in [2.45, 2.75) is 19.9 Å². The van der Waals surface area contributed by atoms with Crippen LogP contribution in [0.1, 0.15) is 34.6 Å². The maximum Gasteiger partial charge on any atom is 0.256 e. The van der Waals surface area contributed by atoms with E-state index in [1.165, 1.54) is 0 Å². The lowest BCUT2D eigenvalue weighted by molar-refractivity contribution is 0.0939. The standard InChI is InChI=1S/C19H18ClN3O/c1-13(15-9-5-3-6-10-15)21-19(24)17-14(2)22-23(18(17)20)16-11-7-4-8-12-16/h3-13H,1-2H3,(H,21,24)/t13-/m0/s1. The molecule has 0 spiro atoms. The lowest BCUT2D eigenvalue weighted by atomic mass is 10.1. The fraction of sp³-hybridized carbons (Fsp3) is 0.158. The number of amides is 1. The molecule has 1 aromatic heterocycles. The first-order chi connectivity index (χ1) is 11.6. The fourth-order valence-electron chi connectivity index (χ4n) is 2.59. The van der Waals surface area contributed by atoms with Crippen molar-refractivity contribution in [3.63, 3.8) is 0 Å². The second-order valence-electron chi connectivity index (χ2n) is 5.60. The predicted molar refractivity (Wildman–Crippen MR) is 95.6 cm³/mol. The Kier molecular flexibility index (Phi) is 4.67. The minimum atomic E-state index is -0.226. The molecule has 0 aliphatic rings. The Balaban J connectivity index is 1.87. The summed E-state index contributed by atoms with van der Waals surface area (Å²) in [5.74, 6) is -0.226. The number of halogens is 1. The van der Waals surface area contributed by atoms with Crippen LogP contribution in [-0.4, -0.2) is 15.7 Å². The molecule has 1 N–H and O–H groups in total. The monoisotopic (exact) mass is 339 g/mol. The minimum Gasteiger partial charge on any atom is -0.345 e. The van der Waals surface area contributed by atoms with Gasteiger partial charge in [-0.05, 0) is 31.5 Å². The van der Waals surface area contributed by atoms with Crippen molar-refractivity contribution in [3.8, 4) is 5.69 Å². The van der Waals surface area contributed by atoms with Gasteiger partial charge in [0.1, 0.15) is 5.15 Å². The summed E-state index contributed by atoms with van der Waals surface area (Å²) >= 11 is 6.43. The van der Waals surface area contributed by atoms with Gasteiger partial charge < -0.3 is 5.32 Å². The lowest BCUT2D eigenvalue weighted by Gasteiger charge is -2.14. The van der Waals surface area contributed by atoms with Crippen LogP contribution in [-0.2, 0) is 0 Å². The summed E-state index contributed by atoms with van der Waals surface area (Å²) in [4.78, 5) is 12.7. The molecule has 0 bridgehead atoms. The normalized spacial score (nSPS) is 12.0. The number of carbonyl (C=O) groups excluding carboxylic acids is 1. The molecule has 1 amide bonds. The van der Waals surface area contributed by atoms with E-state index in [0.29, 0.717) is 16.4 Å². The number of aromatic nitrogens is 2. The highest BCUT2D eigenvalue weighted by Crippen LogP contribution is 2.24. The van der Waals surface area contributed by atoms with Gasteiger partial charge in [0.25, 0.3) is 5.91 Å². The van der Waals surface area contributed by atoms with Gasteiger partial charge in [0, 0.05) is 0 Å². The van der Waals surface area contributed by atoms with Gasteiger partial charge >= 0.3 is 0 Å². The van der Waals surface area contributed by atoms with Crippen LogP contribution in [0.15, 0.2) is 60.7 Å². The van der Waals surface area contributed by atoms with Crippen LogP contribution in [0, 0.1) is 6.92 Å². The van der Waals surface area contributed by atoms with Crippen LogP contribution in [0.5, 0.6) is 0 Å². The van der Waals surface area contributed by atoms with Gasteiger partial charge in [-0.3, -0.25) is 4.79 Å². The Morgan fingerprint density at radius 3 is 2.29 bits per heavy atom. The van der Waals surface area contributed by atoms with Gasteiger partial charge in [0.15, 0.2) is 0 Å². The van der Waals surface area contributed by atoms with E-state index in [4.69, 9.17) is 11.6 Å². The smallest absolute Gasteiger partial charge is 0.256 e. The molecule has 0 saturated heterocycles. The van der Waals surface area contributed by atoms with Crippen molar-refractivity contribution < 1.29 is 4.79 Å². The van der Waals surface area contributed by atoms with Crippen molar-refractivity contribution in [1.82, 2.24) is 15.1 Å². The Labute approximate surface area is 146 Å². The highest BCUT2D eigenvalue weighted by atomic mass is 35.5. The van der Waals surface area contributed by atoms with Gasteiger partial charge in [-0.15, -0.1) is 0 Å². The highest BCUT2D eigenvalue weighted by Gasteiger charge is 2.22. The number of hydrogen-bond donors (Lipinski definition) is 1. The molecule has 24 heavy (non-hydrogen) atoms. The molecular weight excluding hydrogens is 322 g/mol. The van der Waals surface area contributed by atoms with Gasteiger partial charge in [-0.25, -0.2) is 4.68 Å². The maximum atomic E-state index is 12.7. The van der Waals surface area contributed by atoms with Crippen molar-refractivity contribution in [2.75, 3.05) is 0 Å². The number of benzene rings is 2. The third-order valence-electron chi connectivity index (χ3n) is 3.88. The Morgan fingerprint density at radius 1 is 1.08 bits per heavy atom. The van der Waals surface area contributed by atoms with Crippen LogP contribution in [0.4, 0.5) is 0 Å². The minimum absolute atomic E-state index is 0.116. The Hall–Kier alpha value is -2.59. The summed E-state index contributed by atoms with van der Waals surface area (Å²) in [7, 11) is 0. The number of para-hydroxylation sites is 1. The summed E-state index contributed by atoms with van der Waals surface area (Å²) in [6, 6.07) is 19.2. The van der Waals surface area contributed by atoms with Crippen molar-refractivity contribution >= 4 is 17.5 Å². The topological polar surface area (TPSA) is 46.9 Å². The molecule has 1 heterocycles. The molecule has 0 radical (unpaired) electrons. The summed E-state index contributed by atoms with van der Waals surface area (Å²) in [6.45, 7) is 3.73.